The van der Waals surface area contributed by atoms with E-state index in [2.05, 4.69) is 15.7 Å². The van der Waals surface area contributed by atoms with Crippen molar-refractivity contribution in [1.29, 1.82) is 0 Å². The average Bonchev–Trinajstić information content (AvgIpc) is 3.14. The molecule has 1 aliphatic carbocycles. The second kappa shape index (κ2) is 6.20. The molecule has 2 fully saturated rings. The SMILES string of the molecule is O=C1C[C@H](C(=O)NCc2cc3n(n2)CCNC3)C2(CCCCC2)O1. The highest BCUT2D eigenvalue weighted by Gasteiger charge is 2.52. The van der Waals surface area contributed by atoms with E-state index in [-0.39, 0.29) is 24.2 Å². The van der Waals surface area contributed by atoms with Gasteiger partial charge in [0.15, 0.2) is 0 Å². The van der Waals surface area contributed by atoms with E-state index in [0.717, 1.165) is 63.1 Å². The van der Waals surface area contributed by atoms with Gasteiger partial charge in [0.25, 0.3) is 0 Å². The lowest BCUT2D eigenvalue weighted by atomic mass is 9.75. The first kappa shape index (κ1) is 15.6. The topological polar surface area (TPSA) is 85.2 Å². The second-order valence-electron chi connectivity index (χ2n) is 7.10. The van der Waals surface area contributed by atoms with E-state index in [4.69, 9.17) is 4.74 Å². The molecule has 7 nitrogen and oxygen atoms in total. The number of hydrogen-bond donors (Lipinski definition) is 2. The summed E-state index contributed by atoms with van der Waals surface area (Å²) in [6, 6.07) is 2.03. The molecule has 2 aliphatic heterocycles. The standard InChI is InChI=1S/C17H24N4O3/c22-15-9-14(17(24-15)4-2-1-3-5-17)16(23)19-10-12-8-13-11-18-6-7-21(13)20-12/h8,14,18H,1-7,9-11H2,(H,19,23)/t14-/m1/s1. The predicted molar refractivity (Wildman–Crippen MR) is 85.8 cm³/mol. The molecule has 2 N–H and O–H groups in total. The van der Waals surface area contributed by atoms with E-state index < -0.39 is 5.60 Å². The molecule has 0 aromatic carbocycles. The first-order valence-corrected chi connectivity index (χ1v) is 8.92. The molecular formula is C17H24N4O3. The van der Waals surface area contributed by atoms with Gasteiger partial charge in [0.1, 0.15) is 5.60 Å². The van der Waals surface area contributed by atoms with Crippen LogP contribution in [-0.2, 0) is 34.0 Å². The van der Waals surface area contributed by atoms with Gasteiger partial charge in [-0.3, -0.25) is 14.3 Å². The number of carbonyl (C=O) groups is 2. The Morgan fingerprint density at radius 1 is 1.42 bits per heavy atom. The van der Waals surface area contributed by atoms with Gasteiger partial charge < -0.3 is 15.4 Å². The molecule has 0 radical (unpaired) electrons. The van der Waals surface area contributed by atoms with Crippen molar-refractivity contribution in [1.82, 2.24) is 20.4 Å². The van der Waals surface area contributed by atoms with Crippen molar-refractivity contribution in [2.24, 2.45) is 5.92 Å². The maximum atomic E-state index is 12.7. The van der Waals surface area contributed by atoms with Gasteiger partial charge in [-0.05, 0) is 31.7 Å². The van der Waals surface area contributed by atoms with Gasteiger partial charge in [0.05, 0.1) is 36.8 Å². The number of nitrogens with one attached hydrogen (secondary N) is 2. The highest BCUT2D eigenvalue weighted by atomic mass is 16.6. The molecule has 1 atom stereocenters. The van der Waals surface area contributed by atoms with Crippen molar-refractivity contribution in [2.75, 3.05) is 6.54 Å². The Morgan fingerprint density at radius 2 is 2.25 bits per heavy atom. The third-order valence-corrected chi connectivity index (χ3v) is 5.50. The first-order chi connectivity index (χ1) is 11.7. The fourth-order valence-corrected chi connectivity index (χ4v) is 4.26. The van der Waals surface area contributed by atoms with E-state index in [0.29, 0.717) is 6.54 Å². The molecule has 130 valence electrons. The van der Waals surface area contributed by atoms with Crippen LogP contribution in [0.15, 0.2) is 6.07 Å². The van der Waals surface area contributed by atoms with Crippen LogP contribution in [0.1, 0.15) is 49.9 Å². The Morgan fingerprint density at radius 3 is 3.04 bits per heavy atom. The van der Waals surface area contributed by atoms with Gasteiger partial charge in [-0.1, -0.05) is 6.42 Å². The number of ether oxygens (including phenoxy) is 1. The third-order valence-electron chi connectivity index (χ3n) is 5.50. The summed E-state index contributed by atoms with van der Waals surface area (Å²) in [6.07, 6.45) is 5.02. The van der Waals surface area contributed by atoms with E-state index in [9.17, 15) is 9.59 Å². The van der Waals surface area contributed by atoms with Crippen LogP contribution < -0.4 is 10.6 Å². The van der Waals surface area contributed by atoms with Gasteiger partial charge in [0, 0.05) is 13.1 Å². The quantitative estimate of drug-likeness (QED) is 0.802. The molecule has 1 saturated carbocycles. The summed E-state index contributed by atoms with van der Waals surface area (Å²) in [7, 11) is 0. The van der Waals surface area contributed by atoms with Gasteiger partial charge in [-0.25, -0.2) is 0 Å². The summed E-state index contributed by atoms with van der Waals surface area (Å²) in [5.74, 6) is -0.670. The average molecular weight is 332 g/mol. The van der Waals surface area contributed by atoms with Gasteiger partial charge in [-0.15, -0.1) is 0 Å². The highest BCUT2D eigenvalue weighted by Crippen LogP contribution is 2.44. The molecule has 1 amide bonds. The smallest absolute Gasteiger partial charge is 0.307 e. The van der Waals surface area contributed by atoms with Gasteiger partial charge in [0.2, 0.25) is 5.91 Å². The fourth-order valence-electron chi connectivity index (χ4n) is 4.26. The van der Waals surface area contributed by atoms with Crippen LogP contribution in [-0.4, -0.2) is 33.8 Å². The molecular weight excluding hydrogens is 308 g/mol. The zero-order chi connectivity index (χ0) is 16.6. The van der Waals surface area contributed by atoms with Crippen molar-refractivity contribution in [3.8, 4) is 0 Å². The zero-order valence-electron chi connectivity index (χ0n) is 13.8. The number of aromatic nitrogens is 2. The van der Waals surface area contributed by atoms with Crippen LogP contribution >= 0.6 is 0 Å². The molecule has 24 heavy (non-hydrogen) atoms. The molecule has 3 aliphatic rings. The van der Waals surface area contributed by atoms with E-state index in [1.54, 1.807) is 0 Å². The number of esters is 1. The largest absolute Gasteiger partial charge is 0.458 e. The Bertz CT molecular complexity index is 625. The van der Waals surface area contributed by atoms with Crippen molar-refractivity contribution in [2.45, 2.75) is 63.8 Å². The predicted octanol–water partition coefficient (Wildman–Crippen LogP) is 0.868. The minimum atomic E-state index is -0.559. The minimum Gasteiger partial charge on any atom is -0.458 e. The van der Waals surface area contributed by atoms with Crippen LogP contribution in [0.3, 0.4) is 0 Å². The molecule has 1 aromatic heterocycles. The number of carbonyl (C=O) groups excluding carboxylic acids is 2. The van der Waals surface area contributed by atoms with Crippen molar-refractivity contribution in [3.05, 3.63) is 17.5 Å². The summed E-state index contributed by atoms with van der Waals surface area (Å²) in [5, 5.41) is 10.8. The highest BCUT2D eigenvalue weighted by molar-refractivity contribution is 5.87. The summed E-state index contributed by atoms with van der Waals surface area (Å²) < 4.78 is 7.60. The lowest BCUT2D eigenvalue weighted by Crippen LogP contribution is -2.45. The van der Waals surface area contributed by atoms with Crippen molar-refractivity contribution >= 4 is 11.9 Å². The molecule has 1 aromatic rings. The normalized spacial score (nSPS) is 25.3. The maximum Gasteiger partial charge on any atom is 0.307 e. The van der Waals surface area contributed by atoms with Gasteiger partial charge in [-0.2, -0.15) is 5.10 Å². The van der Waals surface area contributed by atoms with Crippen LogP contribution in [0.4, 0.5) is 0 Å². The summed E-state index contributed by atoms with van der Waals surface area (Å²) in [4.78, 5) is 24.5. The number of amides is 1. The first-order valence-electron chi connectivity index (χ1n) is 8.92. The Labute approximate surface area is 141 Å². The van der Waals surface area contributed by atoms with E-state index in [1.807, 2.05) is 10.7 Å². The molecule has 3 heterocycles. The van der Waals surface area contributed by atoms with Crippen LogP contribution in [0.5, 0.6) is 0 Å². The second-order valence-corrected chi connectivity index (χ2v) is 7.10. The third kappa shape index (κ3) is 2.81. The molecule has 7 heteroatoms. The monoisotopic (exact) mass is 332 g/mol. The molecule has 1 spiro atoms. The van der Waals surface area contributed by atoms with Crippen molar-refractivity contribution in [3.63, 3.8) is 0 Å². The number of hydrogen-bond acceptors (Lipinski definition) is 5. The Kier molecular flexibility index (Phi) is 4.04. The fraction of sp³-hybridized carbons (Fsp3) is 0.706. The van der Waals surface area contributed by atoms with Crippen molar-refractivity contribution < 1.29 is 14.3 Å². The molecule has 0 unspecified atom stereocenters. The zero-order valence-corrected chi connectivity index (χ0v) is 13.8. The maximum absolute atomic E-state index is 12.7. The summed E-state index contributed by atoms with van der Waals surface area (Å²) in [6.45, 7) is 3.00. The van der Waals surface area contributed by atoms with E-state index >= 15 is 0 Å². The van der Waals surface area contributed by atoms with Crippen LogP contribution in [0.25, 0.3) is 0 Å². The summed E-state index contributed by atoms with van der Waals surface area (Å²) >= 11 is 0. The number of fused-ring (bicyclic) bond motifs is 1. The van der Waals surface area contributed by atoms with Crippen LogP contribution in [0, 0.1) is 5.92 Å². The molecule has 1 saturated heterocycles. The van der Waals surface area contributed by atoms with Crippen LogP contribution in [0.2, 0.25) is 0 Å². The Balaban J connectivity index is 1.41. The minimum absolute atomic E-state index is 0.0770. The summed E-state index contributed by atoms with van der Waals surface area (Å²) in [5.41, 5.74) is 1.45. The molecule has 0 bridgehead atoms. The van der Waals surface area contributed by atoms with E-state index in [1.165, 1.54) is 0 Å². The Hall–Kier alpha value is -1.89. The molecule has 4 rings (SSSR count). The number of nitrogens with zero attached hydrogens (tertiary/aromatic N) is 2. The lowest BCUT2D eigenvalue weighted by molar-refractivity contribution is -0.153. The lowest BCUT2D eigenvalue weighted by Gasteiger charge is -2.35. The van der Waals surface area contributed by atoms with Gasteiger partial charge >= 0.3 is 5.97 Å². The number of rotatable bonds is 3.